The highest BCUT2D eigenvalue weighted by atomic mass is 16.3. The van der Waals surface area contributed by atoms with Gasteiger partial charge in [0, 0.05) is 18.2 Å². The van der Waals surface area contributed by atoms with Crippen molar-refractivity contribution in [2.45, 2.75) is 12.5 Å². The summed E-state index contributed by atoms with van der Waals surface area (Å²) in [7, 11) is 0. The lowest BCUT2D eigenvalue weighted by atomic mass is 10.0. The number of H-pyrrole nitrogens is 1. The topological polar surface area (TPSA) is 74.9 Å². The molecule has 4 heteroatoms. The van der Waals surface area contributed by atoms with E-state index in [4.69, 9.17) is 10.8 Å². The minimum Gasteiger partial charge on any atom is -0.396 e. The fraction of sp³-hybridized carbons (Fsp3) is 0.250. The molecule has 0 aliphatic rings. The quantitative estimate of drug-likeness (QED) is 0.725. The largest absolute Gasteiger partial charge is 0.396 e. The minimum atomic E-state index is -0.182. The normalized spacial score (nSPS) is 12.6. The van der Waals surface area contributed by atoms with Crippen LogP contribution >= 0.6 is 0 Å². The fourth-order valence-electron chi connectivity index (χ4n) is 1.71. The number of nitrogens with one attached hydrogen (secondary N) is 1. The van der Waals surface area contributed by atoms with E-state index in [1.165, 1.54) is 0 Å². The maximum absolute atomic E-state index is 8.89. The van der Waals surface area contributed by atoms with Crippen LogP contribution in [0.15, 0.2) is 36.5 Å². The zero-order valence-electron chi connectivity index (χ0n) is 8.93. The van der Waals surface area contributed by atoms with Crippen molar-refractivity contribution in [1.82, 2.24) is 10.2 Å². The molecule has 1 atom stereocenters. The molecule has 0 saturated carbocycles. The van der Waals surface area contributed by atoms with Crippen molar-refractivity contribution in [3.63, 3.8) is 0 Å². The molecule has 1 heterocycles. The predicted molar refractivity (Wildman–Crippen MR) is 62.7 cm³/mol. The zero-order chi connectivity index (χ0) is 11.4. The molecule has 1 aromatic heterocycles. The predicted octanol–water partition coefficient (Wildman–Crippen LogP) is 1.46. The van der Waals surface area contributed by atoms with E-state index in [0.717, 1.165) is 16.8 Å². The number of aromatic nitrogens is 2. The van der Waals surface area contributed by atoms with Gasteiger partial charge in [0.15, 0.2) is 0 Å². The summed E-state index contributed by atoms with van der Waals surface area (Å²) in [5.41, 5.74) is 8.90. The Labute approximate surface area is 94.1 Å². The third-order valence-corrected chi connectivity index (χ3v) is 2.57. The first-order chi connectivity index (χ1) is 7.83. The van der Waals surface area contributed by atoms with Crippen molar-refractivity contribution in [1.29, 1.82) is 0 Å². The summed E-state index contributed by atoms with van der Waals surface area (Å²) >= 11 is 0. The van der Waals surface area contributed by atoms with E-state index in [0.29, 0.717) is 6.42 Å². The summed E-state index contributed by atoms with van der Waals surface area (Å²) in [5, 5.41) is 15.9. The first-order valence-electron chi connectivity index (χ1n) is 5.28. The maximum atomic E-state index is 8.89. The van der Waals surface area contributed by atoms with Gasteiger partial charge in [0.05, 0.1) is 11.9 Å². The van der Waals surface area contributed by atoms with Crippen molar-refractivity contribution >= 4 is 0 Å². The third-order valence-electron chi connectivity index (χ3n) is 2.57. The Balaban J connectivity index is 2.33. The molecule has 0 bridgehead atoms. The van der Waals surface area contributed by atoms with Gasteiger partial charge in [0.2, 0.25) is 0 Å². The van der Waals surface area contributed by atoms with E-state index < -0.39 is 0 Å². The molecule has 0 aliphatic carbocycles. The van der Waals surface area contributed by atoms with Gasteiger partial charge in [-0.15, -0.1) is 0 Å². The van der Waals surface area contributed by atoms with Crippen LogP contribution in [0.1, 0.15) is 18.0 Å². The number of hydrogen-bond acceptors (Lipinski definition) is 3. The van der Waals surface area contributed by atoms with Crippen LogP contribution in [-0.2, 0) is 0 Å². The van der Waals surface area contributed by atoms with E-state index >= 15 is 0 Å². The Morgan fingerprint density at radius 2 is 2.06 bits per heavy atom. The van der Waals surface area contributed by atoms with Crippen LogP contribution < -0.4 is 5.73 Å². The molecule has 4 nitrogen and oxygen atoms in total. The second-order valence-electron chi connectivity index (χ2n) is 3.69. The highest BCUT2D eigenvalue weighted by Gasteiger charge is 2.13. The molecule has 0 radical (unpaired) electrons. The standard InChI is InChI=1S/C12H15N3O/c13-11(6-7-16)10-8-14-15-12(10)9-4-2-1-3-5-9/h1-5,8,11,16H,6-7,13H2,(H,14,15). The number of aliphatic hydroxyl groups excluding tert-OH is 1. The summed E-state index contributed by atoms with van der Waals surface area (Å²) in [6.45, 7) is 0.0839. The molecular weight excluding hydrogens is 202 g/mol. The molecule has 16 heavy (non-hydrogen) atoms. The average Bonchev–Trinajstić information content (AvgIpc) is 2.79. The van der Waals surface area contributed by atoms with E-state index in [2.05, 4.69) is 10.2 Å². The molecule has 2 rings (SSSR count). The second-order valence-corrected chi connectivity index (χ2v) is 3.69. The fourth-order valence-corrected chi connectivity index (χ4v) is 1.71. The van der Waals surface area contributed by atoms with Crippen LogP contribution in [0.4, 0.5) is 0 Å². The summed E-state index contributed by atoms with van der Waals surface area (Å²) in [6, 6.07) is 9.73. The SMILES string of the molecule is NC(CCO)c1cn[nH]c1-c1ccccc1. The first kappa shape index (κ1) is 10.9. The Hall–Kier alpha value is -1.65. The summed E-state index contributed by atoms with van der Waals surface area (Å²) in [5.74, 6) is 0. The van der Waals surface area contributed by atoms with Gasteiger partial charge >= 0.3 is 0 Å². The molecule has 0 aliphatic heterocycles. The lowest BCUT2D eigenvalue weighted by Gasteiger charge is -2.10. The highest BCUT2D eigenvalue weighted by molar-refractivity contribution is 5.63. The van der Waals surface area contributed by atoms with Crippen LogP contribution in [0.5, 0.6) is 0 Å². The van der Waals surface area contributed by atoms with Crippen molar-refractivity contribution in [2.24, 2.45) is 5.73 Å². The number of aliphatic hydroxyl groups is 1. The van der Waals surface area contributed by atoms with E-state index in [9.17, 15) is 0 Å². The van der Waals surface area contributed by atoms with E-state index in [1.807, 2.05) is 30.3 Å². The average molecular weight is 217 g/mol. The number of nitrogens with zero attached hydrogens (tertiary/aromatic N) is 1. The summed E-state index contributed by atoms with van der Waals surface area (Å²) < 4.78 is 0. The second kappa shape index (κ2) is 4.92. The van der Waals surface area contributed by atoms with Gasteiger partial charge in [-0.1, -0.05) is 30.3 Å². The Morgan fingerprint density at radius 3 is 2.75 bits per heavy atom. The van der Waals surface area contributed by atoms with Crippen molar-refractivity contribution < 1.29 is 5.11 Å². The highest BCUT2D eigenvalue weighted by Crippen LogP contribution is 2.25. The molecule has 2 aromatic rings. The smallest absolute Gasteiger partial charge is 0.0697 e. The maximum Gasteiger partial charge on any atom is 0.0697 e. The zero-order valence-corrected chi connectivity index (χ0v) is 8.93. The van der Waals surface area contributed by atoms with Gasteiger partial charge < -0.3 is 10.8 Å². The van der Waals surface area contributed by atoms with Crippen molar-refractivity contribution in [2.75, 3.05) is 6.61 Å². The molecule has 1 unspecified atom stereocenters. The molecule has 84 valence electrons. The number of nitrogens with two attached hydrogens (primary N) is 1. The number of hydrogen-bond donors (Lipinski definition) is 3. The lowest BCUT2D eigenvalue weighted by molar-refractivity contribution is 0.276. The van der Waals surface area contributed by atoms with Gasteiger partial charge in [-0.2, -0.15) is 5.10 Å². The molecule has 0 spiro atoms. The van der Waals surface area contributed by atoms with Crippen molar-refractivity contribution in [3.8, 4) is 11.3 Å². The van der Waals surface area contributed by atoms with Gasteiger partial charge in [0.25, 0.3) is 0 Å². The summed E-state index contributed by atoms with van der Waals surface area (Å²) in [4.78, 5) is 0. The number of rotatable bonds is 4. The minimum absolute atomic E-state index is 0.0839. The van der Waals surface area contributed by atoms with E-state index in [-0.39, 0.29) is 12.6 Å². The molecule has 0 fully saturated rings. The van der Waals surface area contributed by atoms with Crippen LogP contribution in [0, 0.1) is 0 Å². The van der Waals surface area contributed by atoms with Gasteiger partial charge in [-0.25, -0.2) is 0 Å². The van der Waals surface area contributed by atoms with Crippen LogP contribution in [0.25, 0.3) is 11.3 Å². The number of benzene rings is 1. The Bertz CT molecular complexity index is 439. The molecule has 0 amide bonds. The van der Waals surface area contributed by atoms with Crippen LogP contribution in [0.2, 0.25) is 0 Å². The molecule has 0 saturated heterocycles. The van der Waals surface area contributed by atoms with E-state index in [1.54, 1.807) is 6.20 Å². The molecular formula is C12H15N3O. The van der Waals surface area contributed by atoms with Gasteiger partial charge in [-0.05, 0) is 12.0 Å². The first-order valence-corrected chi connectivity index (χ1v) is 5.28. The molecule has 4 N–H and O–H groups in total. The van der Waals surface area contributed by atoms with Crippen molar-refractivity contribution in [3.05, 3.63) is 42.1 Å². The molecule has 1 aromatic carbocycles. The van der Waals surface area contributed by atoms with Crippen LogP contribution in [0.3, 0.4) is 0 Å². The third kappa shape index (κ3) is 2.13. The van der Waals surface area contributed by atoms with Crippen LogP contribution in [-0.4, -0.2) is 21.9 Å². The Morgan fingerprint density at radius 1 is 1.31 bits per heavy atom. The van der Waals surface area contributed by atoms with Gasteiger partial charge in [0.1, 0.15) is 0 Å². The summed E-state index contributed by atoms with van der Waals surface area (Å²) in [6.07, 6.45) is 2.27. The lowest BCUT2D eigenvalue weighted by Crippen LogP contribution is -2.12. The monoisotopic (exact) mass is 217 g/mol. The van der Waals surface area contributed by atoms with Gasteiger partial charge in [-0.3, -0.25) is 5.10 Å². The number of aromatic amines is 1. The Kier molecular flexibility index (Phi) is 3.34.